The van der Waals surface area contributed by atoms with Gasteiger partial charge in [-0.3, -0.25) is 9.59 Å². The van der Waals surface area contributed by atoms with Crippen molar-refractivity contribution in [3.05, 3.63) is 60.1 Å². The average molecular weight is 342 g/mol. The van der Waals surface area contributed by atoms with E-state index in [1.54, 1.807) is 45.6 Å². The second-order valence-corrected chi connectivity index (χ2v) is 5.61. The van der Waals surface area contributed by atoms with E-state index < -0.39 is 6.04 Å². The van der Waals surface area contributed by atoms with Crippen LogP contribution in [0.15, 0.2) is 53.2 Å². The van der Waals surface area contributed by atoms with Crippen LogP contribution in [0.4, 0.5) is 0 Å². The van der Waals surface area contributed by atoms with Gasteiger partial charge in [-0.25, -0.2) is 0 Å². The Morgan fingerprint density at radius 3 is 2.60 bits per heavy atom. The number of carbonyl (C=O) groups is 2. The van der Waals surface area contributed by atoms with Crippen LogP contribution < -0.4 is 10.1 Å². The molecule has 1 aromatic carbocycles. The molecule has 0 aliphatic heterocycles. The third kappa shape index (κ3) is 5.53. The molecule has 0 saturated carbocycles. The maximum Gasteiger partial charge on any atom is 0.245 e. The molecule has 1 aromatic heterocycles. The van der Waals surface area contributed by atoms with Gasteiger partial charge < -0.3 is 19.4 Å². The smallest absolute Gasteiger partial charge is 0.245 e. The SMILES string of the molecule is COc1ccc(/C=C/C(=O)N[C@@H](C)C(=O)N(C)Cc2ccco2)cc1. The third-order valence-corrected chi connectivity index (χ3v) is 3.62. The lowest BCUT2D eigenvalue weighted by molar-refractivity contribution is -0.134. The molecule has 0 unspecified atom stereocenters. The highest BCUT2D eigenvalue weighted by Crippen LogP contribution is 2.12. The molecular formula is C19H22N2O4. The van der Waals surface area contributed by atoms with Gasteiger partial charge in [0.2, 0.25) is 11.8 Å². The van der Waals surface area contributed by atoms with Gasteiger partial charge >= 0.3 is 0 Å². The molecule has 132 valence electrons. The maximum atomic E-state index is 12.3. The second-order valence-electron chi connectivity index (χ2n) is 5.61. The normalized spacial score (nSPS) is 12.0. The Morgan fingerprint density at radius 2 is 2.00 bits per heavy atom. The van der Waals surface area contributed by atoms with Gasteiger partial charge in [0, 0.05) is 13.1 Å². The summed E-state index contributed by atoms with van der Waals surface area (Å²) in [5, 5.41) is 2.66. The molecule has 1 atom stereocenters. The van der Waals surface area contributed by atoms with Gasteiger partial charge in [-0.2, -0.15) is 0 Å². The van der Waals surface area contributed by atoms with Crippen LogP contribution >= 0.6 is 0 Å². The Morgan fingerprint density at radius 1 is 1.28 bits per heavy atom. The highest BCUT2D eigenvalue weighted by atomic mass is 16.5. The minimum absolute atomic E-state index is 0.192. The van der Waals surface area contributed by atoms with E-state index in [0.717, 1.165) is 11.3 Å². The van der Waals surface area contributed by atoms with Crippen LogP contribution in [0, 0.1) is 0 Å². The molecule has 0 aliphatic carbocycles. The molecule has 6 heteroatoms. The topological polar surface area (TPSA) is 71.8 Å². The molecule has 0 spiro atoms. The van der Waals surface area contributed by atoms with Crippen molar-refractivity contribution in [3.63, 3.8) is 0 Å². The predicted molar refractivity (Wildman–Crippen MR) is 94.8 cm³/mol. The van der Waals surface area contributed by atoms with E-state index in [0.29, 0.717) is 12.3 Å². The highest BCUT2D eigenvalue weighted by molar-refractivity contribution is 5.95. The number of furan rings is 1. The number of benzene rings is 1. The number of amides is 2. The number of ether oxygens (including phenoxy) is 1. The number of likely N-dealkylation sites (N-methyl/N-ethyl adjacent to an activating group) is 1. The Kier molecular flexibility index (Phi) is 6.39. The van der Waals surface area contributed by atoms with Gasteiger partial charge in [0.05, 0.1) is 19.9 Å². The number of carbonyl (C=O) groups excluding carboxylic acids is 2. The molecule has 2 rings (SSSR count). The summed E-state index contributed by atoms with van der Waals surface area (Å²) in [5.41, 5.74) is 0.866. The summed E-state index contributed by atoms with van der Waals surface area (Å²) in [4.78, 5) is 25.8. The largest absolute Gasteiger partial charge is 0.497 e. The Balaban J connectivity index is 1.85. The van der Waals surface area contributed by atoms with Crippen LogP contribution in [0.3, 0.4) is 0 Å². The summed E-state index contributed by atoms with van der Waals surface area (Å²) in [6.45, 7) is 2.01. The van der Waals surface area contributed by atoms with Crippen LogP contribution in [0.25, 0.3) is 6.08 Å². The zero-order valence-corrected chi connectivity index (χ0v) is 14.6. The molecule has 0 bridgehead atoms. The van der Waals surface area contributed by atoms with Crippen molar-refractivity contribution < 1.29 is 18.7 Å². The van der Waals surface area contributed by atoms with Crippen LogP contribution in [-0.4, -0.2) is 36.9 Å². The van der Waals surface area contributed by atoms with Gasteiger partial charge in [-0.05, 0) is 42.8 Å². The van der Waals surface area contributed by atoms with Crippen LogP contribution in [0.5, 0.6) is 5.75 Å². The number of nitrogens with one attached hydrogen (secondary N) is 1. The predicted octanol–water partition coefficient (Wildman–Crippen LogP) is 2.46. The van der Waals surface area contributed by atoms with E-state index in [1.165, 1.54) is 11.0 Å². The zero-order chi connectivity index (χ0) is 18.2. The van der Waals surface area contributed by atoms with E-state index in [2.05, 4.69) is 5.32 Å². The lowest BCUT2D eigenvalue weighted by atomic mass is 10.2. The van der Waals surface area contributed by atoms with E-state index in [1.807, 2.05) is 24.3 Å². The molecular weight excluding hydrogens is 320 g/mol. The summed E-state index contributed by atoms with van der Waals surface area (Å²) in [5.74, 6) is 0.917. The van der Waals surface area contributed by atoms with Crippen molar-refractivity contribution in [2.24, 2.45) is 0 Å². The first-order chi connectivity index (χ1) is 12.0. The van der Waals surface area contributed by atoms with Gasteiger partial charge in [0.1, 0.15) is 17.6 Å². The maximum absolute atomic E-state index is 12.3. The van der Waals surface area contributed by atoms with E-state index in [-0.39, 0.29) is 11.8 Å². The van der Waals surface area contributed by atoms with Gasteiger partial charge in [0.15, 0.2) is 0 Å². The molecule has 2 aromatic rings. The first-order valence-electron chi connectivity index (χ1n) is 7.89. The van der Waals surface area contributed by atoms with Crippen LogP contribution in [0.1, 0.15) is 18.2 Å². The molecule has 0 aliphatic rings. The average Bonchev–Trinajstić information content (AvgIpc) is 3.12. The van der Waals surface area contributed by atoms with E-state index in [9.17, 15) is 9.59 Å². The fourth-order valence-electron chi connectivity index (χ4n) is 2.25. The molecule has 0 saturated heterocycles. The second kappa shape index (κ2) is 8.73. The molecule has 0 fully saturated rings. The molecule has 1 N–H and O–H groups in total. The Bertz CT molecular complexity index is 720. The Labute approximate surface area is 147 Å². The first kappa shape index (κ1) is 18.3. The first-order valence-corrected chi connectivity index (χ1v) is 7.89. The fraction of sp³-hybridized carbons (Fsp3) is 0.263. The van der Waals surface area contributed by atoms with Gasteiger partial charge in [-0.1, -0.05) is 12.1 Å². The third-order valence-electron chi connectivity index (χ3n) is 3.62. The molecule has 6 nitrogen and oxygen atoms in total. The number of nitrogens with zero attached hydrogens (tertiary/aromatic N) is 1. The number of hydrogen-bond donors (Lipinski definition) is 1. The molecule has 25 heavy (non-hydrogen) atoms. The lowest BCUT2D eigenvalue weighted by Crippen LogP contribution is -2.44. The summed E-state index contributed by atoms with van der Waals surface area (Å²) < 4.78 is 10.3. The molecule has 2 amide bonds. The van der Waals surface area contributed by atoms with Crippen molar-refractivity contribution in [2.75, 3.05) is 14.2 Å². The summed E-state index contributed by atoms with van der Waals surface area (Å²) in [6, 6.07) is 10.2. The number of methoxy groups -OCH3 is 1. The van der Waals surface area contributed by atoms with Crippen molar-refractivity contribution in [3.8, 4) is 5.75 Å². The summed E-state index contributed by atoms with van der Waals surface area (Å²) in [6.07, 6.45) is 4.64. The quantitative estimate of drug-likeness (QED) is 0.785. The standard InChI is InChI=1S/C19H22N2O4/c1-14(19(23)21(2)13-17-5-4-12-25-17)20-18(22)11-8-15-6-9-16(24-3)10-7-15/h4-12,14H,13H2,1-3H3,(H,20,22)/b11-8+/t14-/m0/s1. The van der Waals surface area contributed by atoms with E-state index in [4.69, 9.17) is 9.15 Å². The highest BCUT2D eigenvalue weighted by Gasteiger charge is 2.19. The Hall–Kier alpha value is -3.02. The fourth-order valence-corrected chi connectivity index (χ4v) is 2.25. The number of hydrogen-bond acceptors (Lipinski definition) is 4. The van der Waals surface area contributed by atoms with E-state index >= 15 is 0 Å². The monoisotopic (exact) mass is 342 g/mol. The minimum Gasteiger partial charge on any atom is -0.497 e. The van der Waals surface area contributed by atoms with Crippen molar-refractivity contribution in [2.45, 2.75) is 19.5 Å². The van der Waals surface area contributed by atoms with Crippen molar-refractivity contribution >= 4 is 17.9 Å². The van der Waals surface area contributed by atoms with Crippen LogP contribution in [-0.2, 0) is 16.1 Å². The van der Waals surface area contributed by atoms with Crippen molar-refractivity contribution in [1.29, 1.82) is 0 Å². The van der Waals surface area contributed by atoms with Gasteiger partial charge in [-0.15, -0.1) is 0 Å². The zero-order valence-electron chi connectivity index (χ0n) is 14.6. The molecule has 1 heterocycles. The lowest BCUT2D eigenvalue weighted by Gasteiger charge is -2.20. The summed E-state index contributed by atoms with van der Waals surface area (Å²) >= 11 is 0. The minimum atomic E-state index is -0.632. The molecule has 0 radical (unpaired) electrons. The van der Waals surface area contributed by atoms with Gasteiger partial charge in [0.25, 0.3) is 0 Å². The number of rotatable bonds is 7. The van der Waals surface area contributed by atoms with Crippen molar-refractivity contribution in [1.82, 2.24) is 10.2 Å². The summed E-state index contributed by atoms with van der Waals surface area (Å²) in [7, 11) is 3.26. The van der Waals surface area contributed by atoms with Crippen LogP contribution in [0.2, 0.25) is 0 Å².